The predicted molar refractivity (Wildman–Crippen MR) is 66.9 cm³/mol. The fraction of sp³-hybridized carbons (Fsp3) is 0.308. The van der Waals surface area contributed by atoms with E-state index in [4.69, 9.17) is 15.0 Å². The highest BCUT2D eigenvalue weighted by atomic mass is 16.5. The van der Waals surface area contributed by atoms with Crippen LogP contribution < -0.4 is 10.4 Å². The lowest BCUT2D eigenvalue weighted by atomic mass is 9.99. The molecule has 0 bridgehead atoms. The second-order valence-electron chi connectivity index (χ2n) is 4.04. The number of esters is 1. The fourth-order valence-electron chi connectivity index (χ4n) is 1.81. The highest BCUT2D eigenvalue weighted by Gasteiger charge is 2.28. The first-order chi connectivity index (χ1) is 9.20. The van der Waals surface area contributed by atoms with Crippen molar-refractivity contribution in [2.45, 2.75) is 19.4 Å². The smallest absolute Gasteiger partial charge is 0.320 e. The van der Waals surface area contributed by atoms with Crippen LogP contribution >= 0.6 is 0 Å². The molecule has 19 heavy (non-hydrogen) atoms. The van der Waals surface area contributed by atoms with Gasteiger partial charge in [-0.2, -0.15) is 0 Å². The Morgan fingerprint density at radius 2 is 2.21 bits per heavy atom. The summed E-state index contributed by atoms with van der Waals surface area (Å²) in [7, 11) is 0. The molecule has 0 aliphatic rings. The zero-order chi connectivity index (χ0) is 13.7. The van der Waals surface area contributed by atoms with Crippen molar-refractivity contribution in [3.05, 3.63) is 42.1 Å². The first-order valence-corrected chi connectivity index (χ1v) is 6.04. The number of nitrogen functional groups attached to an aromatic ring is 1. The minimum Gasteiger partial charge on any atom is -0.465 e. The van der Waals surface area contributed by atoms with Crippen LogP contribution in [0.25, 0.3) is 0 Å². The molecule has 0 fully saturated rings. The average molecular weight is 262 g/mol. The normalized spacial score (nSPS) is 12.1. The monoisotopic (exact) mass is 262 g/mol. The fourth-order valence-corrected chi connectivity index (χ4v) is 1.81. The molecule has 1 aromatic heterocycles. The third-order valence-electron chi connectivity index (χ3n) is 2.67. The van der Waals surface area contributed by atoms with Gasteiger partial charge >= 0.3 is 5.97 Å². The zero-order valence-corrected chi connectivity index (χ0v) is 10.7. The van der Waals surface area contributed by atoms with Gasteiger partial charge in [0.25, 0.3) is 12.1 Å². The summed E-state index contributed by atoms with van der Waals surface area (Å²) in [6, 6.07) is 9.41. The van der Waals surface area contributed by atoms with Crippen LogP contribution in [0.3, 0.4) is 0 Å². The largest absolute Gasteiger partial charge is 0.465 e. The Labute approximate surface area is 110 Å². The van der Waals surface area contributed by atoms with Crippen LogP contribution in [0.4, 0.5) is 5.88 Å². The molecule has 0 spiro atoms. The van der Waals surface area contributed by atoms with Crippen molar-refractivity contribution >= 4 is 11.9 Å². The van der Waals surface area contributed by atoms with E-state index in [0.717, 1.165) is 5.56 Å². The first kappa shape index (κ1) is 13.1. The summed E-state index contributed by atoms with van der Waals surface area (Å²) in [5.41, 5.74) is 6.33. The molecule has 2 aromatic rings. The van der Waals surface area contributed by atoms with Crippen LogP contribution in [0.15, 0.2) is 41.1 Å². The van der Waals surface area contributed by atoms with Crippen molar-refractivity contribution < 1.29 is 18.7 Å². The van der Waals surface area contributed by atoms with Gasteiger partial charge in [-0.25, -0.2) is 0 Å². The highest BCUT2D eigenvalue weighted by Crippen LogP contribution is 2.17. The molecule has 1 aromatic carbocycles. The van der Waals surface area contributed by atoms with Crippen molar-refractivity contribution in [1.29, 1.82) is 0 Å². The van der Waals surface area contributed by atoms with Crippen molar-refractivity contribution in [2.75, 3.05) is 12.3 Å². The summed E-state index contributed by atoms with van der Waals surface area (Å²) in [4.78, 5) is 12.0. The summed E-state index contributed by atoms with van der Waals surface area (Å²) in [6.07, 6.45) is 1.54. The minimum absolute atomic E-state index is 0.204. The number of hydrogen-bond donors (Lipinski definition) is 1. The van der Waals surface area contributed by atoms with Gasteiger partial charge in [0.15, 0.2) is 6.54 Å². The molecule has 1 atom stereocenters. The maximum Gasteiger partial charge on any atom is 0.320 e. The number of ether oxygens (including phenoxy) is 1. The van der Waals surface area contributed by atoms with Gasteiger partial charge in [0, 0.05) is 0 Å². The van der Waals surface area contributed by atoms with Crippen LogP contribution in [0.2, 0.25) is 0 Å². The quantitative estimate of drug-likeness (QED) is 0.639. The Hall–Kier alpha value is -2.37. The van der Waals surface area contributed by atoms with E-state index in [1.807, 2.05) is 30.3 Å². The van der Waals surface area contributed by atoms with E-state index in [0.29, 0.717) is 13.2 Å². The molecule has 0 radical (unpaired) electrons. The van der Waals surface area contributed by atoms with E-state index >= 15 is 0 Å². The lowest BCUT2D eigenvalue weighted by Crippen LogP contribution is -2.40. The Bertz CT molecular complexity index is 539. The molecular formula is C13H16N3O3+. The van der Waals surface area contributed by atoms with E-state index in [1.54, 1.807) is 6.92 Å². The van der Waals surface area contributed by atoms with Crippen LogP contribution in [0.1, 0.15) is 18.4 Å². The number of nitrogens with zero attached hydrogens (tertiary/aromatic N) is 2. The first-order valence-electron chi connectivity index (χ1n) is 6.04. The molecule has 0 saturated carbocycles. The number of anilines is 1. The van der Waals surface area contributed by atoms with Gasteiger partial charge in [0.1, 0.15) is 5.92 Å². The Kier molecular flexibility index (Phi) is 4.12. The molecule has 1 heterocycles. The van der Waals surface area contributed by atoms with Crippen molar-refractivity contribution in [1.82, 2.24) is 5.27 Å². The van der Waals surface area contributed by atoms with Gasteiger partial charge in [-0.15, -0.1) is 0 Å². The molecule has 0 saturated heterocycles. The Morgan fingerprint density at radius 3 is 2.79 bits per heavy atom. The number of aromatic nitrogens is 2. The summed E-state index contributed by atoms with van der Waals surface area (Å²) >= 11 is 0. The Balaban J connectivity index is 2.22. The molecule has 2 rings (SSSR count). The maximum absolute atomic E-state index is 12.0. The molecule has 2 N–H and O–H groups in total. The van der Waals surface area contributed by atoms with E-state index < -0.39 is 5.92 Å². The van der Waals surface area contributed by atoms with Gasteiger partial charge in [-0.05, 0) is 17.2 Å². The molecular weight excluding hydrogens is 246 g/mol. The molecule has 6 nitrogen and oxygen atoms in total. The molecule has 0 amide bonds. The lowest BCUT2D eigenvalue weighted by Gasteiger charge is -2.11. The van der Waals surface area contributed by atoms with Gasteiger partial charge in [-0.1, -0.05) is 30.3 Å². The number of hydrogen-bond acceptors (Lipinski definition) is 5. The second-order valence-corrected chi connectivity index (χ2v) is 4.04. The van der Waals surface area contributed by atoms with E-state index in [1.165, 1.54) is 10.9 Å². The second kappa shape index (κ2) is 5.99. The molecule has 0 aliphatic carbocycles. The lowest BCUT2D eigenvalue weighted by molar-refractivity contribution is -0.763. The summed E-state index contributed by atoms with van der Waals surface area (Å²) < 4.78 is 11.4. The Morgan fingerprint density at radius 1 is 1.47 bits per heavy atom. The van der Waals surface area contributed by atoms with Gasteiger partial charge < -0.3 is 10.5 Å². The number of nitrogens with two attached hydrogens (primary N) is 1. The maximum atomic E-state index is 12.0. The van der Waals surface area contributed by atoms with Crippen LogP contribution in [-0.2, 0) is 16.1 Å². The topological polar surface area (TPSA) is 82.2 Å². The van der Waals surface area contributed by atoms with Crippen LogP contribution in [0.5, 0.6) is 0 Å². The standard InChI is InChI=1S/C13H16N3O3/c1-2-18-13(17)11(10-6-4-3-5-7-10)8-16-9-12(14)19-15-16/h3-7,9,11H,2,8,14H2,1H3/q+1. The third kappa shape index (κ3) is 3.31. The average Bonchev–Trinajstić information content (AvgIpc) is 2.83. The predicted octanol–water partition coefficient (Wildman–Crippen LogP) is 0.891. The highest BCUT2D eigenvalue weighted by molar-refractivity contribution is 5.77. The molecule has 1 unspecified atom stereocenters. The molecule has 0 aliphatic heterocycles. The zero-order valence-electron chi connectivity index (χ0n) is 10.7. The van der Waals surface area contributed by atoms with E-state index in [-0.39, 0.29) is 11.9 Å². The van der Waals surface area contributed by atoms with Gasteiger partial charge in [-0.3, -0.25) is 9.32 Å². The minimum atomic E-state index is -0.435. The summed E-state index contributed by atoms with van der Waals surface area (Å²) in [5, 5.41) is 3.73. The summed E-state index contributed by atoms with van der Waals surface area (Å²) in [6.45, 7) is 2.44. The third-order valence-corrected chi connectivity index (χ3v) is 2.67. The van der Waals surface area contributed by atoms with Crippen molar-refractivity contribution in [3.8, 4) is 0 Å². The number of carbonyl (C=O) groups is 1. The van der Waals surface area contributed by atoms with Crippen molar-refractivity contribution in [2.24, 2.45) is 0 Å². The van der Waals surface area contributed by atoms with E-state index in [2.05, 4.69) is 5.27 Å². The summed E-state index contributed by atoms with van der Waals surface area (Å²) in [5.74, 6) is -0.519. The number of carbonyl (C=O) groups excluding carboxylic acids is 1. The van der Waals surface area contributed by atoms with Gasteiger partial charge in [0.05, 0.1) is 6.61 Å². The van der Waals surface area contributed by atoms with Gasteiger partial charge in [0.2, 0.25) is 5.27 Å². The van der Waals surface area contributed by atoms with Crippen LogP contribution in [-0.4, -0.2) is 17.8 Å². The molecule has 100 valence electrons. The number of rotatable bonds is 5. The van der Waals surface area contributed by atoms with E-state index in [9.17, 15) is 4.79 Å². The SMILES string of the molecule is CCOC(=O)C(C[n+]1cc(N)on1)c1ccccc1. The molecule has 6 heteroatoms. The van der Waals surface area contributed by atoms with Crippen molar-refractivity contribution in [3.63, 3.8) is 0 Å². The number of benzene rings is 1. The van der Waals surface area contributed by atoms with Crippen LogP contribution in [0, 0.1) is 0 Å².